The predicted molar refractivity (Wildman–Crippen MR) is 136 cm³/mol. The standard InChI is InChI=1S/C23H24ClF3N8O2S/c1-12(34-20(36)16-7-18(33-11-32-16)29-8-13-2-4-28-5-3-13)22-31-10-17(38-22)21(37)35-19-6-14(23(25,26)27)15(24)9-30-19/h6-7,9-13,28H,2-5,8H2,1H3,(H,34,36)(H,29,32,33)(H,30,35,37). The number of alkyl halides is 3. The van der Waals surface area contributed by atoms with Crippen molar-refractivity contribution in [2.75, 3.05) is 30.3 Å². The van der Waals surface area contributed by atoms with Gasteiger partial charge >= 0.3 is 6.18 Å². The summed E-state index contributed by atoms with van der Waals surface area (Å²) in [6.07, 6.45) is 0.843. The second-order valence-corrected chi connectivity index (χ2v) is 10.1. The van der Waals surface area contributed by atoms with Gasteiger partial charge in [0.25, 0.3) is 11.8 Å². The van der Waals surface area contributed by atoms with Crippen LogP contribution in [0.4, 0.5) is 24.8 Å². The van der Waals surface area contributed by atoms with Crippen LogP contribution >= 0.6 is 22.9 Å². The van der Waals surface area contributed by atoms with Crippen molar-refractivity contribution < 1.29 is 22.8 Å². The van der Waals surface area contributed by atoms with E-state index in [4.69, 9.17) is 11.6 Å². The maximum absolute atomic E-state index is 13.1. The van der Waals surface area contributed by atoms with Crippen LogP contribution in [0.5, 0.6) is 0 Å². The zero-order valence-electron chi connectivity index (χ0n) is 20.1. The number of halogens is 4. The van der Waals surface area contributed by atoms with E-state index in [0.717, 1.165) is 50.0 Å². The van der Waals surface area contributed by atoms with Crippen molar-refractivity contribution in [3.05, 3.63) is 57.0 Å². The molecule has 0 bridgehead atoms. The van der Waals surface area contributed by atoms with Gasteiger partial charge in [-0.25, -0.2) is 19.9 Å². The lowest BCUT2D eigenvalue weighted by Gasteiger charge is -2.22. The quantitative estimate of drug-likeness (QED) is 0.318. The molecule has 4 rings (SSSR count). The SMILES string of the molecule is CC(NC(=O)c1cc(NCC2CCNCC2)ncn1)c1ncc(C(=O)Nc2cc(C(F)(F)F)c(Cl)cn2)s1. The second kappa shape index (κ2) is 12.0. The van der Waals surface area contributed by atoms with Crippen molar-refractivity contribution in [3.63, 3.8) is 0 Å². The third-order valence-electron chi connectivity index (χ3n) is 5.80. The summed E-state index contributed by atoms with van der Waals surface area (Å²) in [6.45, 7) is 4.41. The molecule has 202 valence electrons. The fraction of sp³-hybridized carbons (Fsp3) is 0.391. The molecule has 3 aromatic heterocycles. The number of carbonyl (C=O) groups excluding carboxylic acids is 2. The van der Waals surface area contributed by atoms with Crippen LogP contribution in [0.3, 0.4) is 0 Å². The monoisotopic (exact) mass is 568 g/mol. The van der Waals surface area contributed by atoms with E-state index in [2.05, 4.69) is 41.2 Å². The number of amides is 2. The lowest BCUT2D eigenvalue weighted by atomic mass is 9.98. The summed E-state index contributed by atoms with van der Waals surface area (Å²) in [4.78, 5) is 41.5. The van der Waals surface area contributed by atoms with E-state index in [0.29, 0.717) is 22.8 Å². The molecule has 0 saturated carbocycles. The molecule has 1 atom stereocenters. The van der Waals surface area contributed by atoms with Crippen LogP contribution in [0, 0.1) is 5.92 Å². The van der Waals surface area contributed by atoms with Crippen molar-refractivity contribution in [2.24, 2.45) is 5.92 Å². The van der Waals surface area contributed by atoms with Crippen LogP contribution in [0.15, 0.2) is 30.9 Å². The average molecular weight is 569 g/mol. The van der Waals surface area contributed by atoms with Gasteiger partial charge in [-0.2, -0.15) is 13.2 Å². The molecule has 0 spiro atoms. The van der Waals surface area contributed by atoms with Gasteiger partial charge in [0, 0.05) is 18.8 Å². The van der Waals surface area contributed by atoms with Gasteiger partial charge in [-0.1, -0.05) is 11.6 Å². The number of hydrogen-bond donors (Lipinski definition) is 4. The van der Waals surface area contributed by atoms with Crippen LogP contribution in [0.2, 0.25) is 5.02 Å². The molecule has 1 aliphatic heterocycles. The Hall–Kier alpha value is -3.36. The number of thiazole rings is 1. The molecule has 3 aromatic rings. The summed E-state index contributed by atoms with van der Waals surface area (Å²) in [5.74, 6) is -0.376. The van der Waals surface area contributed by atoms with Crippen molar-refractivity contribution in [1.82, 2.24) is 30.6 Å². The number of carbonyl (C=O) groups is 2. The molecule has 1 saturated heterocycles. The molecule has 15 heteroatoms. The maximum atomic E-state index is 13.1. The Balaban J connectivity index is 1.35. The van der Waals surface area contributed by atoms with E-state index in [-0.39, 0.29) is 16.4 Å². The summed E-state index contributed by atoms with van der Waals surface area (Å²) in [6, 6.07) is 1.65. The normalized spacial score (nSPS) is 15.1. The first-order chi connectivity index (χ1) is 18.1. The lowest BCUT2D eigenvalue weighted by Crippen LogP contribution is -2.31. The fourth-order valence-corrected chi connectivity index (χ4v) is 4.77. The third-order valence-corrected chi connectivity index (χ3v) is 7.28. The zero-order valence-corrected chi connectivity index (χ0v) is 21.7. The van der Waals surface area contributed by atoms with Gasteiger partial charge < -0.3 is 21.3 Å². The molecule has 4 heterocycles. The summed E-state index contributed by atoms with van der Waals surface area (Å²) in [7, 11) is 0. The number of anilines is 2. The second-order valence-electron chi connectivity index (χ2n) is 8.62. The van der Waals surface area contributed by atoms with E-state index in [1.165, 1.54) is 12.5 Å². The summed E-state index contributed by atoms with van der Waals surface area (Å²) in [5, 5.41) is 11.5. The van der Waals surface area contributed by atoms with E-state index in [1.807, 2.05) is 0 Å². The fourth-order valence-electron chi connectivity index (χ4n) is 3.74. The average Bonchev–Trinajstić information content (AvgIpc) is 3.40. The van der Waals surface area contributed by atoms with Gasteiger partial charge in [-0.15, -0.1) is 11.3 Å². The Labute approximate surface area is 224 Å². The van der Waals surface area contributed by atoms with Crippen LogP contribution < -0.4 is 21.3 Å². The Morgan fingerprint density at radius 1 is 1.11 bits per heavy atom. The zero-order chi connectivity index (χ0) is 27.3. The smallest absolute Gasteiger partial charge is 0.370 e. The minimum absolute atomic E-state index is 0.123. The lowest BCUT2D eigenvalue weighted by molar-refractivity contribution is -0.137. The van der Waals surface area contributed by atoms with Crippen LogP contribution in [-0.4, -0.2) is 51.4 Å². The van der Waals surface area contributed by atoms with Gasteiger partial charge in [0.15, 0.2) is 0 Å². The van der Waals surface area contributed by atoms with Gasteiger partial charge in [0.05, 0.1) is 22.8 Å². The van der Waals surface area contributed by atoms with E-state index < -0.39 is 34.6 Å². The molecule has 1 fully saturated rings. The minimum atomic E-state index is -4.70. The number of nitrogens with one attached hydrogen (secondary N) is 4. The first-order valence-electron chi connectivity index (χ1n) is 11.7. The first kappa shape index (κ1) is 27.7. The Morgan fingerprint density at radius 3 is 2.61 bits per heavy atom. The summed E-state index contributed by atoms with van der Waals surface area (Å²) < 4.78 is 39.2. The molecule has 0 radical (unpaired) electrons. The van der Waals surface area contributed by atoms with E-state index in [9.17, 15) is 22.8 Å². The van der Waals surface area contributed by atoms with Crippen molar-refractivity contribution in [2.45, 2.75) is 32.0 Å². The molecule has 0 aliphatic carbocycles. The van der Waals surface area contributed by atoms with Crippen molar-refractivity contribution in [1.29, 1.82) is 0 Å². The number of aromatic nitrogens is 4. The molecule has 0 aromatic carbocycles. The molecule has 4 N–H and O–H groups in total. The molecule has 1 aliphatic rings. The number of rotatable bonds is 8. The Morgan fingerprint density at radius 2 is 1.87 bits per heavy atom. The molecule has 10 nitrogen and oxygen atoms in total. The van der Waals surface area contributed by atoms with Gasteiger partial charge in [-0.3, -0.25) is 9.59 Å². The topological polar surface area (TPSA) is 134 Å². The number of pyridine rings is 1. The molecule has 2 amide bonds. The van der Waals surface area contributed by atoms with E-state index >= 15 is 0 Å². The van der Waals surface area contributed by atoms with Crippen molar-refractivity contribution >= 4 is 46.4 Å². The minimum Gasteiger partial charge on any atom is -0.370 e. The Bertz CT molecular complexity index is 1300. The van der Waals surface area contributed by atoms with E-state index in [1.54, 1.807) is 13.0 Å². The molecular weight excluding hydrogens is 545 g/mol. The van der Waals surface area contributed by atoms with Gasteiger partial charge in [-0.05, 0) is 44.8 Å². The third kappa shape index (κ3) is 7.14. The number of hydrogen-bond acceptors (Lipinski definition) is 9. The highest BCUT2D eigenvalue weighted by Gasteiger charge is 2.34. The first-order valence-corrected chi connectivity index (χ1v) is 12.9. The summed E-state index contributed by atoms with van der Waals surface area (Å²) in [5.41, 5.74) is -0.941. The largest absolute Gasteiger partial charge is 0.418 e. The maximum Gasteiger partial charge on any atom is 0.418 e. The van der Waals surface area contributed by atoms with Crippen LogP contribution in [-0.2, 0) is 6.18 Å². The molecule has 1 unspecified atom stereocenters. The molecule has 38 heavy (non-hydrogen) atoms. The van der Waals surface area contributed by atoms with Crippen LogP contribution in [0.1, 0.15) is 56.5 Å². The highest BCUT2D eigenvalue weighted by atomic mass is 35.5. The van der Waals surface area contributed by atoms with Crippen molar-refractivity contribution in [3.8, 4) is 0 Å². The van der Waals surface area contributed by atoms with Gasteiger partial charge in [0.2, 0.25) is 0 Å². The number of nitrogens with zero attached hydrogens (tertiary/aromatic N) is 4. The predicted octanol–water partition coefficient (Wildman–Crippen LogP) is 4.16. The molecular formula is C23H24ClF3N8O2S. The number of piperidine rings is 1. The summed E-state index contributed by atoms with van der Waals surface area (Å²) >= 11 is 6.54. The van der Waals surface area contributed by atoms with Gasteiger partial charge in [0.1, 0.15) is 33.5 Å². The Kier molecular flexibility index (Phi) is 8.74. The highest BCUT2D eigenvalue weighted by Crippen LogP contribution is 2.35. The van der Waals surface area contributed by atoms with Crippen LogP contribution in [0.25, 0.3) is 0 Å². The highest BCUT2D eigenvalue weighted by molar-refractivity contribution is 7.13.